The molecule has 5 heteroatoms. The summed E-state index contributed by atoms with van der Waals surface area (Å²) >= 11 is 0. The smallest absolute Gasteiger partial charge is 0.242 e. The van der Waals surface area contributed by atoms with Gasteiger partial charge < -0.3 is 15.5 Å². The van der Waals surface area contributed by atoms with Crippen LogP contribution >= 0.6 is 12.4 Å². The molecule has 2 saturated heterocycles. The molecule has 1 amide bonds. The molecule has 0 radical (unpaired) electrons. The van der Waals surface area contributed by atoms with E-state index in [0.29, 0.717) is 0 Å². The Morgan fingerprint density at radius 3 is 2.35 bits per heavy atom. The highest BCUT2D eigenvalue weighted by Gasteiger charge is 2.33. The summed E-state index contributed by atoms with van der Waals surface area (Å²) in [7, 11) is 0. The summed E-state index contributed by atoms with van der Waals surface area (Å²) < 4.78 is 0. The van der Waals surface area contributed by atoms with E-state index in [4.69, 9.17) is 5.73 Å². The molecule has 1 unspecified atom stereocenters. The SMILES string of the molecule is CCCC(C)(N)C(=O)N1CCC(CCCN2CCCC2)CC1.Cl. The summed E-state index contributed by atoms with van der Waals surface area (Å²) in [6, 6.07) is 0. The van der Waals surface area contributed by atoms with Crippen LogP contribution in [0.2, 0.25) is 0 Å². The molecule has 0 aromatic carbocycles. The Hall–Kier alpha value is -0.320. The highest BCUT2D eigenvalue weighted by atomic mass is 35.5. The molecule has 2 heterocycles. The quantitative estimate of drug-likeness (QED) is 0.771. The molecule has 0 aromatic rings. The van der Waals surface area contributed by atoms with E-state index in [2.05, 4.69) is 11.8 Å². The van der Waals surface area contributed by atoms with Gasteiger partial charge in [-0.25, -0.2) is 0 Å². The maximum absolute atomic E-state index is 12.5. The zero-order valence-corrected chi connectivity index (χ0v) is 15.9. The first-order valence-electron chi connectivity index (χ1n) is 9.33. The molecule has 2 fully saturated rings. The summed E-state index contributed by atoms with van der Waals surface area (Å²) in [5.74, 6) is 0.965. The Morgan fingerprint density at radius 1 is 1.17 bits per heavy atom. The first kappa shape index (κ1) is 20.7. The molecule has 0 spiro atoms. The number of piperidine rings is 1. The number of hydrogen-bond acceptors (Lipinski definition) is 3. The zero-order chi connectivity index (χ0) is 16.0. The zero-order valence-electron chi connectivity index (χ0n) is 15.1. The van der Waals surface area contributed by atoms with E-state index in [-0.39, 0.29) is 18.3 Å². The van der Waals surface area contributed by atoms with Crippen LogP contribution in [0.4, 0.5) is 0 Å². The van der Waals surface area contributed by atoms with Gasteiger partial charge in [0.25, 0.3) is 0 Å². The molecule has 0 bridgehead atoms. The van der Waals surface area contributed by atoms with Gasteiger partial charge in [-0.05, 0) is 77.4 Å². The Labute approximate surface area is 148 Å². The van der Waals surface area contributed by atoms with Gasteiger partial charge in [0.1, 0.15) is 0 Å². The van der Waals surface area contributed by atoms with Gasteiger partial charge in [-0.15, -0.1) is 12.4 Å². The largest absolute Gasteiger partial charge is 0.341 e. The number of hydrogen-bond donors (Lipinski definition) is 1. The van der Waals surface area contributed by atoms with Crippen LogP contribution in [0.3, 0.4) is 0 Å². The van der Waals surface area contributed by atoms with Crippen LogP contribution in [-0.2, 0) is 4.79 Å². The highest BCUT2D eigenvalue weighted by Crippen LogP contribution is 2.24. The average molecular weight is 346 g/mol. The van der Waals surface area contributed by atoms with E-state index in [0.717, 1.165) is 44.7 Å². The topological polar surface area (TPSA) is 49.6 Å². The lowest BCUT2D eigenvalue weighted by atomic mass is 9.89. The molecule has 2 N–H and O–H groups in total. The van der Waals surface area contributed by atoms with Crippen molar-refractivity contribution in [2.75, 3.05) is 32.7 Å². The molecular formula is C18H36ClN3O. The van der Waals surface area contributed by atoms with E-state index in [9.17, 15) is 4.79 Å². The Bertz CT molecular complexity index is 348. The van der Waals surface area contributed by atoms with Crippen molar-refractivity contribution in [3.05, 3.63) is 0 Å². The molecule has 0 saturated carbocycles. The number of nitrogens with zero attached hydrogens (tertiary/aromatic N) is 2. The normalized spacial score (nSPS) is 22.7. The third-order valence-electron chi connectivity index (χ3n) is 5.45. The molecule has 0 aromatic heterocycles. The van der Waals surface area contributed by atoms with Gasteiger partial charge in [0.15, 0.2) is 0 Å². The summed E-state index contributed by atoms with van der Waals surface area (Å²) in [6.07, 6.45) is 9.48. The number of nitrogens with two attached hydrogens (primary N) is 1. The number of likely N-dealkylation sites (tertiary alicyclic amines) is 2. The summed E-state index contributed by atoms with van der Waals surface area (Å²) in [5, 5.41) is 0. The number of halogens is 1. The Balaban J connectivity index is 0.00000264. The third-order valence-corrected chi connectivity index (χ3v) is 5.45. The first-order chi connectivity index (χ1) is 10.5. The van der Waals surface area contributed by atoms with Crippen LogP contribution in [0.1, 0.15) is 65.2 Å². The second-order valence-corrected chi connectivity index (χ2v) is 7.59. The van der Waals surface area contributed by atoms with Crippen molar-refractivity contribution in [1.82, 2.24) is 9.80 Å². The van der Waals surface area contributed by atoms with Gasteiger partial charge in [0, 0.05) is 13.1 Å². The van der Waals surface area contributed by atoms with Gasteiger partial charge in [-0.3, -0.25) is 4.79 Å². The van der Waals surface area contributed by atoms with Gasteiger partial charge in [-0.1, -0.05) is 13.3 Å². The Morgan fingerprint density at radius 2 is 1.78 bits per heavy atom. The molecule has 2 aliphatic heterocycles. The van der Waals surface area contributed by atoms with Crippen LogP contribution in [0.15, 0.2) is 0 Å². The lowest BCUT2D eigenvalue weighted by molar-refractivity contribution is -0.138. The highest BCUT2D eigenvalue weighted by molar-refractivity contribution is 5.86. The van der Waals surface area contributed by atoms with Gasteiger partial charge in [-0.2, -0.15) is 0 Å². The molecule has 2 aliphatic rings. The fourth-order valence-electron chi connectivity index (χ4n) is 4.02. The summed E-state index contributed by atoms with van der Waals surface area (Å²) in [6.45, 7) is 9.68. The van der Waals surface area contributed by atoms with Crippen LogP contribution in [0.25, 0.3) is 0 Å². The number of amides is 1. The number of carbonyl (C=O) groups is 1. The van der Waals surface area contributed by atoms with Gasteiger partial charge in [0.05, 0.1) is 5.54 Å². The molecule has 2 rings (SSSR count). The monoisotopic (exact) mass is 345 g/mol. The van der Waals surface area contributed by atoms with Crippen molar-refractivity contribution in [2.24, 2.45) is 11.7 Å². The van der Waals surface area contributed by atoms with Crippen LogP contribution in [0, 0.1) is 5.92 Å². The van der Waals surface area contributed by atoms with E-state index in [1.165, 1.54) is 45.3 Å². The van der Waals surface area contributed by atoms with Crippen molar-refractivity contribution in [3.8, 4) is 0 Å². The number of carbonyl (C=O) groups excluding carboxylic acids is 1. The minimum Gasteiger partial charge on any atom is -0.341 e. The minimum atomic E-state index is -0.669. The lowest BCUT2D eigenvalue weighted by Gasteiger charge is -2.37. The summed E-state index contributed by atoms with van der Waals surface area (Å²) in [4.78, 5) is 17.1. The molecule has 23 heavy (non-hydrogen) atoms. The van der Waals surface area contributed by atoms with Crippen molar-refractivity contribution in [3.63, 3.8) is 0 Å². The van der Waals surface area contributed by atoms with E-state index in [1.54, 1.807) is 0 Å². The third kappa shape index (κ3) is 6.24. The maximum atomic E-state index is 12.5. The molecule has 0 aliphatic carbocycles. The van der Waals surface area contributed by atoms with Crippen LogP contribution < -0.4 is 5.73 Å². The first-order valence-corrected chi connectivity index (χ1v) is 9.33. The van der Waals surface area contributed by atoms with Crippen LogP contribution in [-0.4, -0.2) is 54.0 Å². The second-order valence-electron chi connectivity index (χ2n) is 7.59. The molecule has 136 valence electrons. The predicted molar refractivity (Wildman–Crippen MR) is 99.0 cm³/mol. The van der Waals surface area contributed by atoms with Crippen molar-refractivity contribution < 1.29 is 4.79 Å². The van der Waals surface area contributed by atoms with Crippen molar-refractivity contribution >= 4 is 18.3 Å². The van der Waals surface area contributed by atoms with Gasteiger partial charge >= 0.3 is 0 Å². The Kier molecular flexibility index (Phi) is 8.88. The summed E-state index contributed by atoms with van der Waals surface area (Å²) in [5.41, 5.74) is 5.52. The van der Waals surface area contributed by atoms with Crippen molar-refractivity contribution in [2.45, 2.75) is 70.8 Å². The average Bonchev–Trinajstić information content (AvgIpc) is 3.00. The van der Waals surface area contributed by atoms with Gasteiger partial charge in [0.2, 0.25) is 5.91 Å². The fraction of sp³-hybridized carbons (Fsp3) is 0.944. The minimum absolute atomic E-state index is 0. The maximum Gasteiger partial charge on any atom is 0.242 e. The molecular weight excluding hydrogens is 310 g/mol. The van der Waals surface area contributed by atoms with E-state index in [1.807, 2.05) is 11.8 Å². The van der Waals surface area contributed by atoms with Crippen LogP contribution in [0.5, 0.6) is 0 Å². The fourth-order valence-corrected chi connectivity index (χ4v) is 4.02. The molecule has 4 nitrogen and oxygen atoms in total. The van der Waals surface area contributed by atoms with E-state index >= 15 is 0 Å². The van der Waals surface area contributed by atoms with E-state index < -0.39 is 5.54 Å². The standard InChI is InChI=1S/C18H35N3O.ClH/c1-3-10-18(2,19)17(22)21-14-8-16(9-15-21)7-6-13-20-11-4-5-12-20;/h16H,3-15,19H2,1-2H3;1H. The molecule has 1 atom stereocenters. The second kappa shape index (κ2) is 9.85. The predicted octanol–water partition coefficient (Wildman–Crippen LogP) is 3.04. The van der Waals surface area contributed by atoms with Crippen molar-refractivity contribution in [1.29, 1.82) is 0 Å². The lowest BCUT2D eigenvalue weighted by Crippen LogP contribution is -2.54. The number of rotatable bonds is 7.